The molecule has 0 saturated carbocycles. The summed E-state index contributed by atoms with van der Waals surface area (Å²) in [6.07, 6.45) is -1.14. The minimum atomic E-state index is -1.06. The lowest BCUT2D eigenvalue weighted by molar-refractivity contribution is -0.149. The quantitative estimate of drug-likeness (QED) is 0.476. The van der Waals surface area contributed by atoms with Crippen LogP contribution in [0.1, 0.15) is 29.9 Å². The van der Waals surface area contributed by atoms with Gasteiger partial charge in [-0.2, -0.15) is 0 Å². The molecule has 1 aliphatic carbocycles. The van der Waals surface area contributed by atoms with Crippen LogP contribution in [-0.2, 0) is 23.8 Å². The van der Waals surface area contributed by atoms with Crippen molar-refractivity contribution in [2.75, 3.05) is 33.4 Å². The van der Waals surface area contributed by atoms with Gasteiger partial charge >= 0.3 is 12.1 Å². The first-order valence-electron chi connectivity index (χ1n) is 11.7. The molecular formula is C26H30N2O7. The van der Waals surface area contributed by atoms with Gasteiger partial charge in [-0.05, 0) is 28.7 Å². The van der Waals surface area contributed by atoms with Gasteiger partial charge in [-0.15, -0.1) is 0 Å². The lowest BCUT2D eigenvalue weighted by Crippen LogP contribution is -2.36. The zero-order valence-corrected chi connectivity index (χ0v) is 19.6. The van der Waals surface area contributed by atoms with E-state index in [1.54, 1.807) is 0 Å². The van der Waals surface area contributed by atoms with Crippen LogP contribution in [-0.4, -0.2) is 68.7 Å². The van der Waals surface area contributed by atoms with E-state index < -0.39 is 18.2 Å². The van der Waals surface area contributed by atoms with Crippen LogP contribution < -0.4 is 10.6 Å². The predicted molar refractivity (Wildman–Crippen MR) is 127 cm³/mol. The lowest BCUT2D eigenvalue weighted by atomic mass is 9.98. The van der Waals surface area contributed by atoms with Gasteiger partial charge in [0.2, 0.25) is 5.91 Å². The second-order valence-electron chi connectivity index (χ2n) is 8.74. The zero-order chi connectivity index (χ0) is 24.8. The third-order valence-electron chi connectivity index (χ3n) is 6.53. The molecule has 2 aromatic carbocycles. The maximum Gasteiger partial charge on any atom is 0.407 e. The van der Waals surface area contributed by atoms with Crippen LogP contribution >= 0.6 is 0 Å². The normalized spacial score (nSPS) is 19.5. The minimum Gasteiger partial charge on any atom is -0.479 e. The average Bonchev–Trinajstić information content (AvgIpc) is 3.47. The third-order valence-corrected chi connectivity index (χ3v) is 6.53. The molecule has 3 unspecified atom stereocenters. The van der Waals surface area contributed by atoms with Gasteiger partial charge in [-0.25, -0.2) is 9.59 Å². The Labute approximate surface area is 203 Å². The third kappa shape index (κ3) is 5.80. The highest BCUT2D eigenvalue weighted by atomic mass is 16.5. The molecular weight excluding hydrogens is 452 g/mol. The molecule has 1 fully saturated rings. The van der Waals surface area contributed by atoms with Crippen LogP contribution in [0, 0.1) is 5.92 Å². The monoisotopic (exact) mass is 482 g/mol. The maximum absolute atomic E-state index is 12.4. The molecule has 1 aliphatic heterocycles. The van der Waals surface area contributed by atoms with Gasteiger partial charge in [0.1, 0.15) is 6.61 Å². The van der Waals surface area contributed by atoms with Crippen LogP contribution in [0.25, 0.3) is 11.1 Å². The molecule has 0 spiro atoms. The van der Waals surface area contributed by atoms with Gasteiger partial charge in [0.25, 0.3) is 0 Å². The van der Waals surface area contributed by atoms with Crippen LogP contribution in [0.3, 0.4) is 0 Å². The fourth-order valence-electron chi connectivity index (χ4n) is 4.69. The molecule has 9 nitrogen and oxygen atoms in total. The minimum absolute atomic E-state index is 0.0113. The van der Waals surface area contributed by atoms with E-state index in [2.05, 4.69) is 34.9 Å². The molecule has 0 aromatic heterocycles. The molecule has 9 heteroatoms. The van der Waals surface area contributed by atoms with Crippen molar-refractivity contribution in [2.45, 2.75) is 31.0 Å². The highest BCUT2D eigenvalue weighted by Crippen LogP contribution is 2.44. The molecule has 2 aromatic rings. The number of nitrogens with one attached hydrogen (secondary N) is 2. The molecule has 0 radical (unpaired) electrons. The molecule has 2 aliphatic rings. The molecule has 2 amide bonds. The molecule has 1 heterocycles. The second kappa shape index (κ2) is 11.3. The maximum atomic E-state index is 12.4. The van der Waals surface area contributed by atoms with Crippen LogP contribution in [0.5, 0.6) is 0 Å². The van der Waals surface area contributed by atoms with E-state index in [-0.39, 0.29) is 56.6 Å². The topological polar surface area (TPSA) is 123 Å². The van der Waals surface area contributed by atoms with E-state index in [1.165, 1.54) is 18.2 Å². The number of amides is 2. The number of benzene rings is 2. The fourth-order valence-corrected chi connectivity index (χ4v) is 4.69. The Hall–Kier alpha value is -3.43. The van der Waals surface area contributed by atoms with Crippen LogP contribution in [0.15, 0.2) is 48.5 Å². The SMILES string of the molecule is COC(CCNC(=O)C1COC(CNC(=O)OCC2c3ccccc3-c3ccccc32)C1)C(=O)O. The van der Waals surface area contributed by atoms with Crippen LogP contribution in [0.2, 0.25) is 0 Å². The zero-order valence-electron chi connectivity index (χ0n) is 19.6. The number of methoxy groups -OCH3 is 1. The summed E-state index contributed by atoms with van der Waals surface area (Å²) in [7, 11) is 1.32. The van der Waals surface area contributed by atoms with Crippen molar-refractivity contribution < 1.29 is 33.7 Å². The highest BCUT2D eigenvalue weighted by molar-refractivity contribution is 5.80. The van der Waals surface area contributed by atoms with E-state index in [0.29, 0.717) is 6.42 Å². The largest absolute Gasteiger partial charge is 0.479 e. The van der Waals surface area contributed by atoms with Crippen molar-refractivity contribution in [3.8, 4) is 11.1 Å². The average molecular weight is 483 g/mol. The van der Waals surface area contributed by atoms with E-state index >= 15 is 0 Å². The molecule has 3 atom stereocenters. The summed E-state index contributed by atoms with van der Waals surface area (Å²) in [5.74, 6) is -1.63. The molecule has 3 N–H and O–H groups in total. The number of carboxylic acid groups (broad SMARTS) is 1. The van der Waals surface area contributed by atoms with Crippen molar-refractivity contribution in [1.29, 1.82) is 0 Å². The number of hydrogen-bond acceptors (Lipinski definition) is 6. The Morgan fingerprint density at radius 3 is 2.34 bits per heavy atom. The smallest absolute Gasteiger partial charge is 0.407 e. The first-order chi connectivity index (χ1) is 17.0. The lowest BCUT2D eigenvalue weighted by Gasteiger charge is -2.16. The number of carbonyl (C=O) groups is 3. The van der Waals surface area contributed by atoms with Crippen molar-refractivity contribution in [1.82, 2.24) is 10.6 Å². The number of alkyl carbamates (subject to hydrolysis) is 1. The van der Waals surface area contributed by atoms with Gasteiger partial charge in [0.05, 0.1) is 18.6 Å². The molecule has 1 saturated heterocycles. The van der Waals surface area contributed by atoms with Crippen molar-refractivity contribution in [3.05, 3.63) is 59.7 Å². The molecule has 186 valence electrons. The van der Waals surface area contributed by atoms with E-state index in [9.17, 15) is 14.4 Å². The number of rotatable bonds is 10. The number of aliphatic carboxylic acids is 1. The van der Waals surface area contributed by atoms with E-state index in [0.717, 1.165) is 11.1 Å². The summed E-state index contributed by atoms with van der Waals surface area (Å²) in [5.41, 5.74) is 4.63. The molecule has 4 rings (SSSR count). The number of carboxylic acids is 1. The molecule has 35 heavy (non-hydrogen) atoms. The van der Waals surface area contributed by atoms with Crippen molar-refractivity contribution in [3.63, 3.8) is 0 Å². The van der Waals surface area contributed by atoms with E-state index in [4.69, 9.17) is 19.3 Å². The number of fused-ring (bicyclic) bond motifs is 3. The number of carbonyl (C=O) groups excluding carboxylic acids is 2. The van der Waals surface area contributed by atoms with Crippen LogP contribution in [0.4, 0.5) is 4.79 Å². The second-order valence-corrected chi connectivity index (χ2v) is 8.74. The summed E-state index contributed by atoms with van der Waals surface area (Å²) in [6.45, 7) is 0.915. The summed E-state index contributed by atoms with van der Waals surface area (Å²) >= 11 is 0. The van der Waals surface area contributed by atoms with Gasteiger partial charge in [-0.1, -0.05) is 48.5 Å². The molecule has 0 bridgehead atoms. The Kier molecular flexibility index (Phi) is 7.99. The number of hydrogen-bond donors (Lipinski definition) is 3. The van der Waals surface area contributed by atoms with E-state index in [1.807, 2.05) is 24.3 Å². The fraction of sp³-hybridized carbons (Fsp3) is 0.423. The summed E-state index contributed by atoms with van der Waals surface area (Å²) < 4.78 is 16.0. The van der Waals surface area contributed by atoms with Crippen molar-refractivity contribution in [2.24, 2.45) is 5.92 Å². The van der Waals surface area contributed by atoms with Gasteiger partial charge in [0.15, 0.2) is 6.10 Å². The Balaban J connectivity index is 1.19. The Morgan fingerprint density at radius 1 is 1.06 bits per heavy atom. The Morgan fingerprint density at radius 2 is 1.71 bits per heavy atom. The summed E-state index contributed by atoms with van der Waals surface area (Å²) in [4.78, 5) is 35.6. The Bertz CT molecular complexity index is 1030. The summed E-state index contributed by atoms with van der Waals surface area (Å²) in [6, 6.07) is 16.3. The van der Waals surface area contributed by atoms with Gasteiger partial charge in [-0.3, -0.25) is 4.79 Å². The van der Waals surface area contributed by atoms with Gasteiger partial charge in [0, 0.05) is 32.5 Å². The number of ether oxygens (including phenoxy) is 3. The van der Waals surface area contributed by atoms with Gasteiger partial charge < -0.3 is 30.0 Å². The first-order valence-corrected chi connectivity index (χ1v) is 11.7. The first kappa shape index (κ1) is 24.7. The predicted octanol–water partition coefficient (Wildman–Crippen LogP) is 2.54. The van der Waals surface area contributed by atoms with Crippen molar-refractivity contribution >= 4 is 18.0 Å². The summed E-state index contributed by atoms with van der Waals surface area (Å²) in [5, 5.41) is 14.4. The highest BCUT2D eigenvalue weighted by Gasteiger charge is 2.32. The standard InChI is InChI=1S/C26H30N2O7/c1-33-23(25(30)31)10-11-27-24(29)16-12-17(34-14-16)13-28-26(32)35-15-22-20-8-4-2-6-18(20)19-7-3-5-9-21(19)22/h2-9,16-17,22-23H,10-15H2,1H3,(H,27,29)(H,28,32)(H,30,31).